The molecule has 14 heteroatoms. The molecule has 5 rings (SSSR count). The average Bonchev–Trinajstić information content (AvgIpc) is 3.91. The standard InChI is InChI=1S/C32H31F2N7O5/c1-35-30(43)27-25(15-26(39-40-27)38-29(42)19-9-10-19)37-23-6-4-5-22(28(23)45-3)20-11-14-24(36-16-20)31(44)41(2)17-18-7-12-21(13-8-18)46-32(33)34/h4-8,11-16,19,32H,9-10,17H2,1-3H3,(H,35,43)(H2,37,38,39,42). The number of hydrogen-bond donors (Lipinski definition) is 3. The molecule has 1 aliphatic carbocycles. The van der Waals surface area contributed by atoms with Crippen molar-refractivity contribution >= 4 is 34.9 Å². The van der Waals surface area contributed by atoms with Crippen LogP contribution in [0.5, 0.6) is 11.5 Å². The van der Waals surface area contributed by atoms with E-state index in [2.05, 4.69) is 35.9 Å². The van der Waals surface area contributed by atoms with Crippen LogP contribution in [0.25, 0.3) is 11.1 Å². The van der Waals surface area contributed by atoms with Gasteiger partial charge in [-0.05, 0) is 42.7 Å². The highest BCUT2D eigenvalue weighted by atomic mass is 19.3. The number of carbonyl (C=O) groups excluding carboxylic acids is 3. The second-order valence-corrected chi connectivity index (χ2v) is 10.5. The number of aromatic nitrogens is 3. The summed E-state index contributed by atoms with van der Waals surface area (Å²) < 4.78 is 34.9. The van der Waals surface area contributed by atoms with Crippen molar-refractivity contribution in [3.05, 3.63) is 83.8 Å². The monoisotopic (exact) mass is 631 g/mol. The number of benzene rings is 2. The highest BCUT2D eigenvalue weighted by molar-refractivity contribution is 6.00. The van der Waals surface area contributed by atoms with Crippen LogP contribution in [0.15, 0.2) is 66.9 Å². The van der Waals surface area contributed by atoms with Gasteiger partial charge in [-0.2, -0.15) is 8.78 Å². The summed E-state index contributed by atoms with van der Waals surface area (Å²) in [4.78, 5) is 43.8. The number of nitrogens with zero attached hydrogens (tertiary/aromatic N) is 4. The zero-order valence-electron chi connectivity index (χ0n) is 25.2. The number of nitrogens with one attached hydrogen (secondary N) is 3. The van der Waals surface area contributed by atoms with Gasteiger partial charge in [0.15, 0.2) is 11.5 Å². The van der Waals surface area contributed by atoms with Crippen molar-refractivity contribution in [1.29, 1.82) is 0 Å². The van der Waals surface area contributed by atoms with Crippen LogP contribution >= 0.6 is 0 Å². The van der Waals surface area contributed by atoms with Crippen molar-refractivity contribution in [3.8, 4) is 22.6 Å². The summed E-state index contributed by atoms with van der Waals surface area (Å²) in [6, 6.07) is 16.3. The fourth-order valence-corrected chi connectivity index (χ4v) is 4.63. The van der Waals surface area contributed by atoms with E-state index in [1.54, 1.807) is 49.6 Å². The quantitative estimate of drug-likeness (QED) is 0.199. The van der Waals surface area contributed by atoms with Crippen molar-refractivity contribution in [1.82, 2.24) is 25.4 Å². The Morgan fingerprint density at radius 1 is 1.02 bits per heavy atom. The van der Waals surface area contributed by atoms with E-state index < -0.39 is 12.5 Å². The Hall–Kier alpha value is -5.66. The van der Waals surface area contributed by atoms with E-state index in [1.807, 2.05) is 6.07 Å². The fourth-order valence-electron chi connectivity index (χ4n) is 4.63. The van der Waals surface area contributed by atoms with Gasteiger partial charge >= 0.3 is 6.61 Å². The van der Waals surface area contributed by atoms with E-state index >= 15 is 0 Å². The molecule has 0 atom stereocenters. The molecule has 0 aliphatic heterocycles. The third kappa shape index (κ3) is 7.52. The summed E-state index contributed by atoms with van der Waals surface area (Å²) in [7, 11) is 4.59. The molecule has 238 valence electrons. The first-order chi connectivity index (χ1) is 22.2. The van der Waals surface area contributed by atoms with Crippen LogP contribution in [0.1, 0.15) is 39.4 Å². The lowest BCUT2D eigenvalue weighted by Crippen LogP contribution is -2.26. The Kier molecular flexibility index (Phi) is 9.64. The Balaban J connectivity index is 1.34. The van der Waals surface area contributed by atoms with Gasteiger partial charge in [-0.1, -0.05) is 30.3 Å². The maximum atomic E-state index is 13.1. The van der Waals surface area contributed by atoms with Gasteiger partial charge in [-0.3, -0.25) is 19.4 Å². The largest absolute Gasteiger partial charge is 0.494 e. The van der Waals surface area contributed by atoms with E-state index in [9.17, 15) is 23.2 Å². The van der Waals surface area contributed by atoms with Crippen LogP contribution in [-0.2, 0) is 11.3 Å². The van der Waals surface area contributed by atoms with Crippen LogP contribution < -0.4 is 25.4 Å². The van der Waals surface area contributed by atoms with Crippen molar-refractivity contribution in [2.24, 2.45) is 5.92 Å². The van der Waals surface area contributed by atoms with Crippen molar-refractivity contribution < 1.29 is 32.6 Å². The minimum atomic E-state index is -2.91. The molecule has 0 spiro atoms. The smallest absolute Gasteiger partial charge is 0.387 e. The first kappa shape index (κ1) is 31.8. The molecule has 46 heavy (non-hydrogen) atoms. The predicted molar refractivity (Wildman–Crippen MR) is 165 cm³/mol. The molecule has 2 aromatic heterocycles. The van der Waals surface area contributed by atoms with Gasteiger partial charge in [0, 0.05) is 49.9 Å². The molecule has 2 heterocycles. The number of para-hydroxylation sites is 1. The summed E-state index contributed by atoms with van der Waals surface area (Å²) in [5.74, 6) is -0.331. The highest BCUT2D eigenvalue weighted by Gasteiger charge is 2.30. The Labute approximate surface area is 263 Å². The zero-order valence-corrected chi connectivity index (χ0v) is 25.2. The van der Waals surface area contributed by atoms with Gasteiger partial charge in [0.1, 0.15) is 17.2 Å². The van der Waals surface area contributed by atoms with Crippen molar-refractivity contribution in [2.45, 2.75) is 26.0 Å². The molecule has 12 nitrogen and oxygen atoms in total. The van der Waals surface area contributed by atoms with Gasteiger partial charge < -0.3 is 30.3 Å². The Morgan fingerprint density at radius 3 is 2.41 bits per heavy atom. The van der Waals surface area contributed by atoms with Crippen LogP contribution in [-0.4, -0.2) is 65.6 Å². The zero-order chi connectivity index (χ0) is 32.8. The van der Waals surface area contributed by atoms with Crippen LogP contribution in [0.4, 0.5) is 26.0 Å². The summed E-state index contributed by atoms with van der Waals surface area (Å²) in [6.07, 6.45) is 3.20. The molecule has 0 saturated heterocycles. The number of hydrogen-bond acceptors (Lipinski definition) is 9. The lowest BCUT2D eigenvalue weighted by atomic mass is 10.0. The number of halogens is 2. The van der Waals surface area contributed by atoms with Crippen molar-refractivity contribution in [2.75, 3.05) is 31.8 Å². The number of amides is 3. The first-order valence-electron chi connectivity index (χ1n) is 14.3. The Morgan fingerprint density at radius 2 is 1.78 bits per heavy atom. The second-order valence-electron chi connectivity index (χ2n) is 10.5. The molecule has 0 bridgehead atoms. The minimum absolute atomic E-state index is 0.0189. The fraction of sp³-hybridized carbons (Fsp3) is 0.250. The lowest BCUT2D eigenvalue weighted by molar-refractivity contribution is -0.117. The molecular formula is C32H31F2N7O5. The normalized spacial score (nSPS) is 12.3. The SMILES string of the molecule is CNC(=O)c1nnc(NC(=O)C2CC2)cc1Nc1cccc(-c2ccc(C(=O)N(C)Cc3ccc(OC(F)F)cc3)nc2)c1OC. The van der Waals surface area contributed by atoms with E-state index in [0.717, 1.165) is 18.4 Å². The third-order valence-corrected chi connectivity index (χ3v) is 7.13. The van der Waals surface area contributed by atoms with Gasteiger partial charge in [-0.15, -0.1) is 10.2 Å². The number of ether oxygens (including phenoxy) is 2. The average molecular weight is 632 g/mol. The molecule has 3 N–H and O–H groups in total. The summed E-state index contributed by atoms with van der Waals surface area (Å²) >= 11 is 0. The van der Waals surface area contributed by atoms with Crippen molar-refractivity contribution in [3.63, 3.8) is 0 Å². The Bertz CT molecular complexity index is 1730. The number of anilines is 3. The third-order valence-electron chi connectivity index (χ3n) is 7.13. The first-order valence-corrected chi connectivity index (χ1v) is 14.3. The molecular weight excluding hydrogens is 600 g/mol. The van der Waals surface area contributed by atoms with Gasteiger partial charge in [0.05, 0.1) is 18.5 Å². The lowest BCUT2D eigenvalue weighted by Gasteiger charge is -2.18. The predicted octanol–water partition coefficient (Wildman–Crippen LogP) is 4.87. The van der Waals surface area contributed by atoms with Crippen LogP contribution in [0, 0.1) is 5.92 Å². The summed E-state index contributed by atoms with van der Waals surface area (Å²) in [6.45, 7) is -2.68. The van der Waals surface area contributed by atoms with E-state index in [-0.39, 0.29) is 47.2 Å². The number of carbonyl (C=O) groups is 3. The molecule has 0 unspecified atom stereocenters. The van der Waals surface area contributed by atoms with E-state index in [0.29, 0.717) is 28.3 Å². The molecule has 2 aromatic carbocycles. The maximum Gasteiger partial charge on any atom is 0.387 e. The molecule has 4 aromatic rings. The molecule has 0 radical (unpaired) electrons. The molecule has 3 amide bonds. The number of rotatable bonds is 12. The summed E-state index contributed by atoms with van der Waals surface area (Å²) in [5.41, 5.74) is 3.07. The maximum absolute atomic E-state index is 13.1. The number of methoxy groups -OCH3 is 1. The van der Waals surface area contributed by atoms with Crippen LogP contribution in [0.3, 0.4) is 0 Å². The van der Waals surface area contributed by atoms with E-state index in [1.165, 1.54) is 37.3 Å². The van der Waals surface area contributed by atoms with Crippen LogP contribution in [0.2, 0.25) is 0 Å². The van der Waals surface area contributed by atoms with Gasteiger partial charge in [0.2, 0.25) is 5.91 Å². The van der Waals surface area contributed by atoms with Gasteiger partial charge in [0.25, 0.3) is 11.8 Å². The number of pyridine rings is 1. The minimum Gasteiger partial charge on any atom is -0.494 e. The second kappa shape index (κ2) is 14.0. The van der Waals surface area contributed by atoms with Gasteiger partial charge in [-0.25, -0.2) is 0 Å². The molecule has 1 saturated carbocycles. The molecule has 1 aliphatic rings. The number of alkyl halides is 2. The topological polar surface area (TPSA) is 148 Å². The summed E-state index contributed by atoms with van der Waals surface area (Å²) in [5, 5.41) is 16.5. The van der Waals surface area contributed by atoms with E-state index in [4.69, 9.17) is 4.74 Å². The highest BCUT2D eigenvalue weighted by Crippen LogP contribution is 2.38. The molecule has 1 fully saturated rings.